The number of carbonyl (C=O) groups is 4. The van der Waals surface area contributed by atoms with Gasteiger partial charge in [0.2, 0.25) is 11.8 Å². The summed E-state index contributed by atoms with van der Waals surface area (Å²) in [5.41, 5.74) is 2.18. The third kappa shape index (κ3) is 4.13. The van der Waals surface area contributed by atoms with E-state index in [4.69, 9.17) is 4.74 Å². The molecule has 5 aromatic rings. The molecule has 2 bridgehead atoms. The lowest BCUT2D eigenvalue weighted by Gasteiger charge is -2.39. The number of allylic oxidation sites excluding steroid dienone is 2. The molecule has 6 heteroatoms. The Morgan fingerprint density at radius 1 is 0.571 bits per heavy atom. The van der Waals surface area contributed by atoms with Gasteiger partial charge in [-0.3, -0.25) is 14.4 Å². The highest BCUT2D eigenvalue weighted by atomic mass is 16.5. The fourth-order valence-corrected chi connectivity index (χ4v) is 8.62. The van der Waals surface area contributed by atoms with Crippen molar-refractivity contribution in [2.75, 3.05) is 4.90 Å². The van der Waals surface area contributed by atoms with Gasteiger partial charge in [0.25, 0.3) is 0 Å². The first-order chi connectivity index (χ1) is 23.8. The number of rotatable bonds is 7. The van der Waals surface area contributed by atoms with Crippen molar-refractivity contribution in [2.45, 2.75) is 30.8 Å². The van der Waals surface area contributed by atoms with Crippen molar-refractivity contribution >= 4 is 40.4 Å². The summed E-state index contributed by atoms with van der Waals surface area (Å²) in [4.78, 5) is 60.0. The zero-order chi connectivity index (χ0) is 33.9. The van der Waals surface area contributed by atoms with Crippen LogP contribution in [0.1, 0.15) is 46.5 Å². The van der Waals surface area contributed by atoms with Crippen LogP contribution in [0.2, 0.25) is 0 Å². The lowest BCUT2D eigenvalue weighted by molar-refractivity contribution is -0.130. The summed E-state index contributed by atoms with van der Waals surface area (Å²) in [6.45, 7) is 3.55. The molecule has 0 aromatic heterocycles. The van der Waals surface area contributed by atoms with Crippen molar-refractivity contribution in [1.29, 1.82) is 0 Å². The van der Waals surface area contributed by atoms with E-state index in [1.807, 2.05) is 121 Å². The van der Waals surface area contributed by atoms with Gasteiger partial charge in [-0.1, -0.05) is 121 Å². The van der Waals surface area contributed by atoms with Gasteiger partial charge < -0.3 is 4.74 Å². The summed E-state index contributed by atoms with van der Waals surface area (Å²) in [6, 6.07) is 44.8. The van der Waals surface area contributed by atoms with Gasteiger partial charge in [-0.2, -0.15) is 0 Å². The van der Waals surface area contributed by atoms with Gasteiger partial charge in [0.15, 0.2) is 5.78 Å². The minimum absolute atomic E-state index is 0.168. The molecule has 1 heterocycles. The summed E-state index contributed by atoms with van der Waals surface area (Å²) in [7, 11) is 0. The number of ether oxygens (including phenoxy) is 1. The van der Waals surface area contributed by atoms with Crippen LogP contribution in [0.15, 0.2) is 146 Å². The maximum Gasteiger partial charge on any atom is 0.338 e. The van der Waals surface area contributed by atoms with Crippen LogP contribution in [0.3, 0.4) is 0 Å². The summed E-state index contributed by atoms with van der Waals surface area (Å²) >= 11 is 0. The Labute approximate surface area is 284 Å². The Morgan fingerprint density at radius 3 is 1.35 bits per heavy atom. The minimum Gasteiger partial charge on any atom is -0.459 e. The van der Waals surface area contributed by atoms with Crippen LogP contribution in [0, 0.1) is 11.8 Å². The molecule has 0 N–H and O–H groups in total. The fourth-order valence-electron chi connectivity index (χ4n) is 8.62. The second-order valence-corrected chi connectivity index (χ2v) is 13.1. The summed E-state index contributed by atoms with van der Waals surface area (Å²) in [6.07, 6.45) is -0.297. The number of amides is 2. The predicted molar refractivity (Wildman–Crippen MR) is 187 cm³/mol. The average Bonchev–Trinajstić information content (AvgIpc) is 3.65. The molecule has 3 aliphatic rings. The number of esters is 1. The van der Waals surface area contributed by atoms with Gasteiger partial charge in [0.1, 0.15) is 0 Å². The van der Waals surface area contributed by atoms with E-state index in [0.29, 0.717) is 22.4 Å². The number of Topliss-reactive ketones (excluding diaryl/α,β-unsaturated/α-hetero) is 1. The molecule has 0 radical (unpaired) electrons. The lowest BCUT2D eigenvalue weighted by Crippen LogP contribution is -2.45. The van der Waals surface area contributed by atoms with E-state index in [-0.39, 0.29) is 11.9 Å². The first-order valence-corrected chi connectivity index (χ1v) is 16.5. The van der Waals surface area contributed by atoms with E-state index in [1.165, 1.54) is 4.90 Å². The fraction of sp³-hybridized carbons (Fsp3) is 0.163. The van der Waals surface area contributed by atoms with Gasteiger partial charge in [0.05, 0.1) is 40.0 Å². The third-order valence-electron chi connectivity index (χ3n) is 10.3. The molecule has 6 nitrogen and oxygen atoms in total. The molecule has 8 rings (SSSR count). The van der Waals surface area contributed by atoms with Crippen LogP contribution in [0.4, 0.5) is 5.69 Å². The number of anilines is 1. The van der Waals surface area contributed by atoms with Crippen LogP contribution in [0.25, 0.3) is 11.1 Å². The highest BCUT2D eigenvalue weighted by Gasteiger charge is 2.82. The number of hydrogen-bond acceptors (Lipinski definition) is 5. The Morgan fingerprint density at radius 2 is 0.959 bits per heavy atom. The van der Waals surface area contributed by atoms with E-state index in [9.17, 15) is 4.79 Å². The standard InChI is InChI=1S/C43H33NO5/c1-27(2)49-40(47)30-23-25-33(26-24-30)44-38(45)36-37(39(44)46)43(32-21-13-6-14-22-32)35(29-17-9-4-10-18-29)34(28-15-7-3-8-16-28)42(36,41(43)48)31-19-11-5-12-20-31/h3-27,36-37H,1-2H3/t36-,37+,42-,43-/m0/s1. The van der Waals surface area contributed by atoms with Crippen LogP contribution in [0.5, 0.6) is 0 Å². The van der Waals surface area contributed by atoms with Crippen molar-refractivity contribution in [2.24, 2.45) is 11.8 Å². The van der Waals surface area contributed by atoms with Crippen LogP contribution in [-0.4, -0.2) is 29.7 Å². The molecule has 0 spiro atoms. The smallest absolute Gasteiger partial charge is 0.338 e. The maximum atomic E-state index is 15.9. The molecule has 1 saturated carbocycles. The first kappa shape index (κ1) is 30.5. The molecule has 0 unspecified atom stereocenters. The summed E-state index contributed by atoms with van der Waals surface area (Å²) in [5.74, 6) is -3.59. The minimum atomic E-state index is -1.48. The van der Waals surface area contributed by atoms with Gasteiger partial charge in [0, 0.05) is 0 Å². The Bertz CT molecular complexity index is 2020. The largest absolute Gasteiger partial charge is 0.459 e. The molecule has 1 saturated heterocycles. The van der Waals surface area contributed by atoms with Crippen molar-refractivity contribution in [3.63, 3.8) is 0 Å². The molecular weight excluding hydrogens is 610 g/mol. The highest BCUT2D eigenvalue weighted by molar-refractivity contribution is 6.39. The molecule has 2 aliphatic carbocycles. The van der Waals surface area contributed by atoms with E-state index < -0.39 is 40.4 Å². The van der Waals surface area contributed by atoms with Gasteiger partial charge in [-0.25, -0.2) is 9.69 Å². The van der Waals surface area contributed by atoms with Gasteiger partial charge in [-0.15, -0.1) is 0 Å². The average molecular weight is 644 g/mol. The predicted octanol–water partition coefficient (Wildman–Crippen LogP) is 7.44. The van der Waals surface area contributed by atoms with Gasteiger partial charge in [-0.05, 0) is 71.5 Å². The molecule has 240 valence electrons. The second kappa shape index (κ2) is 11.4. The number of carbonyl (C=O) groups excluding carboxylic acids is 4. The maximum absolute atomic E-state index is 15.9. The first-order valence-electron chi connectivity index (χ1n) is 16.5. The van der Waals surface area contributed by atoms with Crippen molar-refractivity contribution in [3.8, 4) is 0 Å². The van der Waals surface area contributed by atoms with Crippen LogP contribution < -0.4 is 4.90 Å². The SMILES string of the molecule is CC(C)OC(=O)c1ccc(N2C(=O)[C@@H]3[C@H](C2=O)[C@@]2(c4ccccc4)C(=O)[C@@]3(c3ccccc3)C(c3ccccc3)=C2c2ccccc2)cc1. The zero-order valence-corrected chi connectivity index (χ0v) is 27.1. The Hall–Kier alpha value is -5.88. The van der Waals surface area contributed by atoms with Crippen LogP contribution in [-0.2, 0) is 30.0 Å². The number of fused-ring (bicyclic) bond motifs is 5. The summed E-state index contributed by atoms with van der Waals surface area (Å²) < 4.78 is 5.36. The zero-order valence-electron chi connectivity index (χ0n) is 27.1. The molecule has 5 aromatic carbocycles. The van der Waals surface area contributed by atoms with Gasteiger partial charge >= 0.3 is 5.97 Å². The molecule has 2 fully saturated rings. The van der Waals surface area contributed by atoms with Crippen molar-refractivity contribution < 1.29 is 23.9 Å². The van der Waals surface area contributed by atoms with E-state index in [2.05, 4.69) is 0 Å². The van der Waals surface area contributed by atoms with Crippen LogP contribution >= 0.6 is 0 Å². The molecule has 2 amide bonds. The molecule has 4 atom stereocenters. The normalized spacial score (nSPS) is 24.1. The molecule has 1 aliphatic heterocycles. The quantitative estimate of drug-likeness (QED) is 0.136. The number of imide groups is 1. The van der Waals surface area contributed by atoms with Crippen molar-refractivity contribution in [3.05, 3.63) is 173 Å². The Kier molecular flexibility index (Phi) is 7.07. The lowest BCUT2D eigenvalue weighted by atomic mass is 9.59. The third-order valence-corrected chi connectivity index (χ3v) is 10.3. The van der Waals surface area contributed by atoms with Crippen molar-refractivity contribution in [1.82, 2.24) is 0 Å². The van der Waals surface area contributed by atoms with E-state index >= 15 is 14.4 Å². The number of ketones is 1. The molecule has 49 heavy (non-hydrogen) atoms. The molecular formula is C43H33NO5. The number of nitrogens with zero attached hydrogens (tertiary/aromatic N) is 1. The summed E-state index contributed by atoms with van der Waals surface area (Å²) in [5, 5.41) is 0. The highest BCUT2D eigenvalue weighted by Crippen LogP contribution is 2.74. The number of hydrogen-bond donors (Lipinski definition) is 0. The van der Waals surface area contributed by atoms with E-state index in [1.54, 1.807) is 38.1 Å². The topological polar surface area (TPSA) is 80.8 Å². The monoisotopic (exact) mass is 643 g/mol. The second-order valence-electron chi connectivity index (χ2n) is 13.1. The Balaban J connectivity index is 1.44. The van der Waals surface area contributed by atoms with E-state index in [0.717, 1.165) is 22.3 Å². The number of benzene rings is 5.